The third kappa shape index (κ3) is 2.35. The lowest BCUT2D eigenvalue weighted by Crippen LogP contribution is -2.20. The molecule has 76 valence electrons. The quantitative estimate of drug-likeness (QED) is 0.777. The molecule has 0 bridgehead atoms. The van der Waals surface area contributed by atoms with Gasteiger partial charge in [-0.05, 0) is 6.07 Å². The summed E-state index contributed by atoms with van der Waals surface area (Å²) >= 11 is 0. The summed E-state index contributed by atoms with van der Waals surface area (Å²) in [6.07, 6.45) is -1.19. The highest BCUT2D eigenvalue weighted by atomic mass is 19.1. The first-order chi connectivity index (χ1) is 6.65. The molecule has 0 fully saturated rings. The van der Waals surface area contributed by atoms with Crippen LogP contribution in [-0.2, 0) is 6.54 Å². The van der Waals surface area contributed by atoms with E-state index in [1.165, 1.54) is 19.2 Å². The summed E-state index contributed by atoms with van der Waals surface area (Å²) in [6.45, 7) is -0.0711. The van der Waals surface area contributed by atoms with Crippen molar-refractivity contribution in [1.29, 1.82) is 0 Å². The van der Waals surface area contributed by atoms with Gasteiger partial charge in [-0.1, -0.05) is 12.1 Å². The molecule has 1 rings (SSSR count). The van der Waals surface area contributed by atoms with Gasteiger partial charge in [-0.15, -0.1) is 0 Å². The monoisotopic (exact) mass is 199 g/mol. The van der Waals surface area contributed by atoms with Crippen molar-refractivity contribution in [2.75, 3.05) is 7.11 Å². The summed E-state index contributed by atoms with van der Waals surface area (Å²) in [4.78, 5) is 10.2. The molecule has 0 aliphatic carbocycles. The molecule has 5 heteroatoms. The van der Waals surface area contributed by atoms with Crippen molar-refractivity contribution in [1.82, 2.24) is 5.32 Å². The zero-order valence-corrected chi connectivity index (χ0v) is 7.58. The van der Waals surface area contributed by atoms with Crippen molar-refractivity contribution < 1.29 is 19.0 Å². The Morgan fingerprint density at radius 1 is 1.64 bits per heavy atom. The third-order valence-electron chi connectivity index (χ3n) is 1.69. The maximum Gasteiger partial charge on any atom is 0.404 e. The minimum atomic E-state index is -1.19. The fourth-order valence-electron chi connectivity index (χ4n) is 1.02. The summed E-state index contributed by atoms with van der Waals surface area (Å²) in [5, 5.41) is 10.4. The molecule has 0 aliphatic rings. The lowest BCUT2D eigenvalue weighted by Gasteiger charge is -2.06. The molecule has 14 heavy (non-hydrogen) atoms. The summed E-state index contributed by atoms with van der Waals surface area (Å²) in [5.74, 6) is -0.432. The van der Waals surface area contributed by atoms with Crippen LogP contribution in [0.3, 0.4) is 0 Å². The van der Waals surface area contributed by atoms with Gasteiger partial charge in [-0.3, -0.25) is 0 Å². The SMILES string of the molecule is COc1cccc(CNC(=O)O)c1F. The van der Waals surface area contributed by atoms with Gasteiger partial charge >= 0.3 is 6.09 Å². The van der Waals surface area contributed by atoms with Crippen LogP contribution in [0.2, 0.25) is 0 Å². The Bertz CT molecular complexity index is 341. The highest BCUT2D eigenvalue weighted by molar-refractivity contribution is 5.64. The largest absolute Gasteiger partial charge is 0.494 e. The van der Waals surface area contributed by atoms with Crippen LogP contribution in [0.25, 0.3) is 0 Å². The number of benzene rings is 1. The molecule has 0 unspecified atom stereocenters. The van der Waals surface area contributed by atoms with E-state index in [4.69, 9.17) is 9.84 Å². The Kier molecular flexibility index (Phi) is 3.28. The van der Waals surface area contributed by atoms with E-state index < -0.39 is 11.9 Å². The molecule has 1 amide bonds. The second kappa shape index (κ2) is 4.45. The number of nitrogens with one attached hydrogen (secondary N) is 1. The number of methoxy groups -OCH3 is 1. The number of amides is 1. The minimum absolute atomic E-state index is 0.0711. The predicted molar refractivity (Wildman–Crippen MR) is 47.8 cm³/mol. The number of carboxylic acid groups (broad SMARTS) is 1. The topological polar surface area (TPSA) is 58.6 Å². The molecule has 0 aliphatic heterocycles. The fourth-order valence-corrected chi connectivity index (χ4v) is 1.02. The lowest BCUT2D eigenvalue weighted by atomic mass is 10.2. The van der Waals surface area contributed by atoms with Gasteiger partial charge in [0.05, 0.1) is 7.11 Å². The Morgan fingerprint density at radius 2 is 2.36 bits per heavy atom. The summed E-state index contributed by atoms with van der Waals surface area (Å²) in [7, 11) is 1.35. The van der Waals surface area contributed by atoms with Crippen LogP contribution in [0, 0.1) is 5.82 Å². The van der Waals surface area contributed by atoms with E-state index in [0.717, 1.165) is 0 Å². The first kappa shape index (κ1) is 10.3. The molecule has 1 aromatic carbocycles. The van der Waals surface area contributed by atoms with Crippen molar-refractivity contribution in [3.63, 3.8) is 0 Å². The van der Waals surface area contributed by atoms with E-state index in [9.17, 15) is 9.18 Å². The molecule has 0 saturated heterocycles. The van der Waals surface area contributed by atoms with Crippen molar-refractivity contribution in [3.8, 4) is 5.75 Å². The van der Waals surface area contributed by atoms with Gasteiger partial charge in [0.2, 0.25) is 0 Å². The molecule has 2 N–H and O–H groups in total. The van der Waals surface area contributed by atoms with Crippen molar-refractivity contribution in [2.45, 2.75) is 6.54 Å². The second-order valence-electron chi connectivity index (χ2n) is 2.59. The van der Waals surface area contributed by atoms with E-state index in [0.29, 0.717) is 0 Å². The molecule has 0 spiro atoms. The van der Waals surface area contributed by atoms with Gasteiger partial charge in [-0.2, -0.15) is 0 Å². The van der Waals surface area contributed by atoms with Gasteiger partial charge in [-0.25, -0.2) is 9.18 Å². The van der Waals surface area contributed by atoms with Gasteiger partial charge in [0, 0.05) is 12.1 Å². The molecule has 0 atom stereocenters. The molecular formula is C9H10FNO3. The first-order valence-corrected chi connectivity index (χ1v) is 3.93. The number of hydrogen-bond acceptors (Lipinski definition) is 2. The van der Waals surface area contributed by atoms with Crippen LogP contribution in [0.1, 0.15) is 5.56 Å². The Morgan fingerprint density at radius 3 is 2.93 bits per heavy atom. The molecule has 0 heterocycles. The van der Waals surface area contributed by atoms with Gasteiger partial charge in [0.25, 0.3) is 0 Å². The Balaban J connectivity index is 2.81. The number of ether oxygens (including phenoxy) is 1. The standard InChI is InChI=1S/C9H10FNO3/c1-14-7-4-2-3-6(8(7)10)5-11-9(12)13/h2-4,11H,5H2,1H3,(H,12,13). The summed E-state index contributed by atoms with van der Waals surface area (Å²) < 4.78 is 18.1. The van der Waals surface area contributed by atoms with E-state index in [-0.39, 0.29) is 17.9 Å². The van der Waals surface area contributed by atoms with Crippen molar-refractivity contribution in [2.24, 2.45) is 0 Å². The molecule has 0 aromatic heterocycles. The van der Waals surface area contributed by atoms with Gasteiger partial charge in [0.1, 0.15) is 0 Å². The zero-order valence-electron chi connectivity index (χ0n) is 7.58. The average molecular weight is 199 g/mol. The lowest BCUT2D eigenvalue weighted by molar-refractivity contribution is 0.194. The summed E-state index contributed by atoms with van der Waals surface area (Å²) in [5.41, 5.74) is 0.256. The van der Waals surface area contributed by atoms with Crippen LogP contribution >= 0.6 is 0 Å². The fraction of sp³-hybridized carbons (Fsp3) is 0.222. The van der Waals surface area contributed by atoms with Crippen LogP contribution < -0.4 is 10.1 Å². The highest BCUT2D eigenvalue weighted by Gasteiger charge is 2.08. The molecule has 4 nitrogen and oxygen atoms in total. The smallest absolute Gasteiger partial charge is 0.404 e. The molecule has 0 radical (unpaired) electrons. The number of hydrogen-bond donors (Lipinski definition) is 2. The van der Waals surface area contributed by atoms with Gasteiger partial charge in [0.15, 0.2) is 11.6 Å². The molecule has 0 saturated carbocycles. The number of halogens is 1. The zero-order chi connectivity index (χ0) is 10.6. The minimum Gasteiger partial charge on any atom is -0.494 e. The van der Waals surface area contributed by atoms with Gasteiger partial charge < -0.3 is 15.2 Å². The number of carbonyl (C=O) groups is 1. The molecular weight excluding hydrogens is 189 g/mol. The second-order valence-corrected chi connectivity index (χ2v) is 2.59. The van der Waals surface area contributed by atoms with E-state index in [2.05, 4.69) is 5.32 Å². The normalized spacial score (nSPS) is 9.57. The van der Waals surface area contributed by atoms with Crippen LogP contribution in [0.5, 0.6) is 5.75 Å². The predicted octanol–water partition coefficient (Wildman–Crippen LogP) is 1.60. The maximum absolute atomic E-state index is 13.4. The first-order valence-electron chi connectivity index (χ1n) is 3.93. The maximum atomic E-state index is 13.4. The third-order valence-corrected chi connectivity index (χ3v) is 1.69. The van der Waals surface area contributed by atoms with Crippen molar-refractivity contribution >= 4 is 6.09 Å². The summed E-state index contributed by atoms with van der Waals surface area (Å²) in [6, 6.07) is 4.56. The van der Waals surface area contributed by atoms with Crippen molar-refractivity contribution in [3.05, 3.63) is 29.6 Å². The number of rotatable bonds is 3. The molecule has 1 aromatic rings. The Hall–Kier alpha value is -1.78. The highest BCUT2D eigenvalue weighted by Crippen LogP contribution is 2.19. The van der Waals surface area contributed by atoms with Crippen LogP contribution in [0.4, 0.5) is 9.18 Å². The van der Waals surface area contributed by atoms with E-state index in [1.54, 1.807) is 6.07 Å². The van der Waals surface area contributed by atoms with Crippen LogP contribution in [0.15, 0.2) is 18.2 Å². The average Bonchev–Trinajstić information content (AvgIpc) is 2.16. The van der Waals surface area contributed by atoms with E-state index >= 15 is 0 Å². The Labute approximate surface area is 80.3 Å². The van der Waals surface area contributed by atoms with Crippen LogP contribution in [-0.4, -0.2) is 18.3 Å². The van der Waals surface area contributed by atoms with E-state index in [1.807, 2.05) is 0 Å².